The molecule has 0 saturated carbocycles. The van der Waals surface area contributed by atoms with Crippen molar-refractivity contribution < 1.29 is 19.2 Å². The Labute approximate surface area is 162 Å². The molecule has 1 N–H and O–H groups in total. The van der Waals surface area contributed by atoms with Gasteiger partial charge < -0.3 is 9.57 Å². The number of amides is 1. The molecule has 1 heterocycles. The highest BCUT2D eigenvalue weighted by atomic mass is 16.7. The van der Waals surface area contributed by atoms with E-state index in [1.165, 1.54) is 44.8 Å². The maximum atomic E-state index is 11.3. The number of carbonyl (C=O) groups is 2. The highest BCUT2D eigenvalue weighted by molar-refractivity contribution is 5.75. The number of hydrogen-bond acceptors (Lipinski definition) is 5. The van der Waals surface area contributed by atoms with Gasteiger partial charge in [0, 0.05) is 19.9 Å². The molecule has 0 bridgehead atoms. The Morgan fingerprint density at radius 3 is 2.63 bits per heavy atom. The van der Waals surface area contributed by atoms with Crippen LogP contribution in [0.1, 0.15) is 63.9 Å². The largest absolute Gasteiger partial charge is 0.494 e. The first kappa shape index (κ1) is 21.2. The second-order valence-corrected chi connectivity index (χ2v) is 7.13. The van der Waals surface area contributed by atoms with Crippen LogP contribution in [-0.2, 0) is 21.0 Å². The van der Waals surface area contributed by atoms with E-state index in [-0.39, 0.29) is 5.91 Å². The van der Waals surface area contributed by atoms with Crippen molar-refractivity contribution in [1.82, 2.24) is 10.4 Å². The Kier molecular flexibility index (Phi) is 9.69. The van der Waals surface area contributed by atoms with Gasteiger partial charge in [-0.05, 0) is 56.5 Å². The average molecular weight is 376 g/mol. The summed E-state index contributed by atoms with van der Waals surface area (Å²) in [4.78, 5) is 29.1. The van der Waals surface area contributed by atoms with Crippen molar-refractivity contribution in [1.29, 1.82) is 0 Å². The van der Waals surface area contributed by atoms with Crippen LogP contribution < -0.4 is 10.2 Å². The summed E-state index contributed by atoms with van der Waals surface area (Å²) >= 11 is 0. The minimum absolute atomic E-state index is 0.319. The first-order chi connectivity index (χ1) is 13.1. The van der Waals surface area contributed by atoms with Crippen molar-refractivity contribution in [3.8, 4) is 5.75 Å². The van der Waals surface area contributed by atoms with E-state index in [1.54, 1.807) is 0 Å². The first-order valence-electron chi connectivity index (χ1n) is 10.0. The number of nitrogens with one attached hydrogen (secondary N) is 1. The monoisotopic (exact) mass is 376 g/mol. The smallest absolute Gasteiger partial charge is 0.332 e. The van der Waals surface area contributed by atoms with E-state index >= 15 is 0 Å². The summed E-state index contributed by atoms with van der Waals surface area (Å²) in [6.45, 7) is 5.39. The van der Waals surface area contributed by atoms with Crippen LogP contribution in [0.15, 0.2) is 24.3 Å². The standard InChI is InChI=1S/C21H32N2O4/c1-18(24)22-27-21(25)12-5-2-3-8-15-26-20-11-9-10-19(16-20)17-23-13-6-4-7-14-23/h9-11,16H,2-8,12-15,17H2,1H3,(H,22,24). The van der Waals surface area contributed by atoms with E-state index in [4.69, 9.17) is 4.74 Å². The van der Waals surface area contributed by atoms with Gasteiger partial charge >= 0.3 is 5.97 Å². The number of hydrogen-bond donors (Lipinski definition) is 1. The summed E-state index contributed by atoms with van der Waals surface area (Å²) in [5, 5.41) is 0. The quantitative estimate of drug-likeness (QED) is 0.499. The van der Waals surface area contributed by atoms with Gasteiger partial charge in [0.2, 0.25) is 5.91 Å². The topological polar surface area (TPSA) is 67.9 Å². The zero-order chi connectivity index (χ0) is 19.3. The second kappa shape index (κ2) is 12.3. The molecule has 1 saturated heterocycles. The van der Waals surface area contributed by atoms with Crippen molar-refractivity contribution in [2.75, 3.05) is 19.7 Å². The number of unbranched alkanes of at least 4 members (excludes halogenated alkanes) is 3. The van der Waals surface area contributed by atoms with Gasteiger partial charge in [-0.3, -0.25) is 9.69 Å². The Morgan fingerprint density at radius 1 is 1.07 bits per heavy atom. The van der Waals surface area contributed by atoms with E-state index in [0.717, 1.165) is 38.0 Å². The van der Waals surface area contributed by atoms with Crippen LogP contribution in [0.25, 0.3) is 0 Å². The molecule has 0 aliphatic carbocycles. The maximum Gasteiger partial charge on any atom is 0.332 e. The SMILES string of the molecule is CC(=O)NOC(=O)CCCCCCOc1cccc(CN2CCCCC2)c1. The molecule has 0 unspecified atom stereocenters. The summed E-state index contributed by atoms with van der Waals surface area (Å²) in [6.07, 6.45) is 7.94. The number of nitrogens with zero attached hydrogens (tertiary/aromatic N) is 1. The minimum Gasteiger partial charge on any atom is -0.494 e. The van der Waals surface area contributed by atoms with Crippen molar-refractivity contribution in [3.05, 3.63) is 29.8 Å². The maximum absolute atomic E-state index is 11.3. The number of piperidine rings is 1. The number of carbonyl (C=O) groups excluding carboxylic acids is 2. The predicted molar refractivity (Wildman–Crippen MR) is 104 cm³/mol. The predicted octanol–water partition coefficient (Wildman–Crippen LogP) is 3.60. The highest BCUT2D eigenvalue weighted by Gasteiger charge is 2.10. The van der Waals surface area contributed by atoms with Crippen LogP contribution in [0.3, 0.4) is 0 Å². The van der Waals surface area contributed by atoms with E-state index in [1.807, 2.05) is 11.5 Å². The molecule has 1 amide bonds. The van der Waals surface area contributed by atoms with Crippen molar-refractivity contribution >= 4 is 11.9 Å². The number of benzene rings is 1. The molecule has 0 atom stereocenters. The summed E-state index contributed by atoms with van der Waals surface area (Å²) in [7, 11) is 0. The van der Waals surface area contributed by atoms with Crippen LogP contribution in [0.2, 0.25) is 0 Å². The summed E-state index contributed by atoms with van der Waals surface area (Å²) in [5.74, 6) is 0.163. The van der Waals surface area contributed by atoms with Crippen LogP contribution in [0.5, 0.6) is 5.75 Å². The van der Waals surface area contributed by atoms with Gasteiger partial charge in [0.15, 0.2) is 0 Å². The van der Waals surface area contributed by atoms with Gasteiger partial charge in [-0.25, -0.2) is 4.79 Å². The fourth-order valence-electron chi connectivity index (χ4n) is 3.20. The molecule has 0 spiro atoms. The molecule has 1 aliphatic rings. The van der Waals surface area contributed by atoms with Crippen LogP contribution in [0, 0.1) is 0 Å². The fourth-order valence-corrected chi connectivity index (χ4v) is 3.20. The van der Waals surface area contributed by atoms with Gasteiger partial charge in [-0.1, -0.05) is 31.4 Å². The normalized spacial score (nSPS) is 14.6. The van der Waals surface area contributed by atoms with Crippen molar-refractivity contribution in [2.24, 2.45) is 0 Å². The summed E-state index contributed by atoms with van der Waals surface area (Å²) < 4.78 is 5.87. The zero-order valence-electron chi connectivity index (χ0n) is 16.4. The van der Waals surface area contributed by atoms with Gasteiger partial charge in [-0.15, -0.1) is 0 Å². The van der Waals surface area contributed by atoms with E-state index in [0.29, 0.717) is 13.0 Å². The van der Waals surface area contributed by atoms with Crippen molar-refractivity contribution in [3.63, 3.8) is 0 Å². The average Bonchev–Trinajstić information content (AvgIpc) is 2.67. The summed E-state index contributed by atoms with van der Waals surface area (Å²) in [5.41, 5.74) is 3.36. The van der Waals surface area contributed by atoms with Gasteiger partial charge in [0.1, 0.15) is 5.75 Å². The number of likely N-dealkylation sites (tertiary alicyclic amines) is 1. The molecule has 150 valence electrons. The van der Waals surface area contributed by atoms with Crippen LogP contribution in [-0.4, -0.2) is 36.5 Å². The number of ether oxygens (including phenoxy) is 1. The second-order valence-electron chi connectivity index (χ2n) is 7.13. The molecule has 1 fully saturated rings. The van der Waals surface area contributed by atoms with Crippen LogP contribution in [0.4, 0.5) is 0 Å². The molecule has 0 aromatic heterocycles. The Hall–Kier alpha value is -2.08. The molecule has 6 heteroatoms. The van der Waals surface area contributed by atoms with Gasteiger partial charge in [-0.2, -0.15) is 5.48 Å². The number of rotatable bonds is 10. The third-order valence-corrected chi connectivity index (χ3v) is 4.61. The lowest BCUT2D eigenvalue weighted by Crippen LogP contribution is -2.29. The van der Waals surface area contributed by atoms with Gasteiger partial charge in [0.05, 0.1) is 6.61 Å². The Morgan fingerprint density at radius 2 is 1.85 bits per heavy atom. The van der Waals surface area contributed by atoms with Gasteiger partial charge in [0.25, 0.3) is 0 Å². The highest BCUT2D eigenvalue weighted by Crippen LogP contribution is 2.18. The van der Waals surface area contributed by atoms with Crippen molar-refractivity contribution in [2.45, 2.75) is 64.8 Å². The molecular weight excluding hydrogens is 344 g/mol. The fraction of sp³-hybridized carbons (Fsp3) is 0.619. The lowest BCUT2D eigenvalue weighted by atomic mass is 10.1. The lowest BCUT2D eigenvalue weighted by Gasteiger charge is -2.26. The van der Waals surface area contributed by atoms with E-state index < -0.39 is 5.97 Å². The third kappa shape index (κ3) is 9.43. The van der Waals surface area contributed by atoms with E-state index in [9.17, 15) is 9.59 Å². The lowest BCUT2D eigenvalue weighted by molar-refractivity contribution is -0.157. The van der Waals surface area contributed by atoms with Crippen LogP contribution >= 0.6 is 0 Å². The molecular formula is C21H32N2O4. The molecule has 6 nitrogen and oxygen atoms in total. The minimum atomic E-state index is -0.396. The molecule has 0 radical (unpaired) electrons. The Balaban J connectivity index is 1.54. The molecule has 27 heavy (non-hydrogen) atoms. The summed E-state index contributed by atoms with van der Waals surface area (Å²) in [6, 6.07) is 8.39. The van der Waals surface area contributed by atoms with E-state index in [2.05, 4.69) is 27.9 Å². The Bertz CT molecular complexity index is 585. The molecule has 1 aromatic rings. The first-order valence-corrected chi connectivity index (χ1v) is 10.0. The molecule has 1 aliphatic heterocycles. The zero-order valence-corrected chi connectivity index (χ0v) is 16.4. The number of hydroxylamine groups is 1. The molecule has 1 aromatic carbocycles. The third-order valence-electron chi connectivity index (χ3n) is 4.61. The molecule has 2 rings (SSSR count).